The summed E-state index contributed by atoms with van der Waals surface area (Å²) in [6.45, 7) is 2.97. The topological polar surface area (TPSA) is 95.9 Å². The van der Waals surface area contributed by atoms with Gasteiger partial charge in [0.15, 0.2) is 0 Å². The monoisotopic (exact) mass is 476 g/mol. The molecule has 1 saturated heterocycles. The lowest BCUT2D eigenvalue weighted by molar-refractivity contribution is -0.156. The van der Waals surface area contributed by atoms with Gasteiger partial charge in [0.25, 0.3) is 0 Å². The van der Waals surface area contributed by atoms with E-state index in [0.29, 0.717) is 38.5 Å². The lowest BCUT2D eigenvalue weighted by Gasteiger charge is -2.38. The smallest absolute Gasteiger partial charge is 0.407 e. The highest BCUT2D eigenvalue weighted by Gasteiger charge is 2.46. The minimum Gasteiger partial charge on any atom is -0.480 e. The predicted octanol–water partition coefficient (Wildman–Crippen LogP) is 4.41. The third-order valence-corrected chi connectivity index (χ3v) is 8.08. The van der Waals surface area contributed by atoms with Crippen molar-refractivity contribution in [3.8, 4) is 11.1 Å². The number of nitrogens with one attached hydrogen (secondary N) is 1. The number of nitrogens with zero attached hydrogens (tertiary/aromatic N) is 1. The van der Waals surface area contributed by atoms with Gasteiger partial charge in [0.05, 0.1) is 0 Å². The SMILES string of the molecule is C[C@@]1(C(=O)O)CCCN1C(=O)CC1CC(CNC(=O)OCC2c3ccccc3-c3ccccc32)C1. The maximum Gasteiger partial charge on any atom is 0.407 e. The number of amides is 2. The van der Waals surface area contributed by atoms with Gasteiger partial charge < -0.3 is 20.1 Å². The quantitative estimate of drug-likeness (QED) is 0.617. The number of aliphatic carboxylic acids is 1. The second kappa shape index (κ2) is 9.36. The molecule has 2 aliphatic carbocycles. The Morgan fingerprint density at radius 1 is 1.03 bits per heavy atom. The molecule has 7 heteroatoms. The van der Waals surface area contributed by atoms with Crippen molar-refractivity contribution in [3.63, 3.8) is 0 Å². The van der Waals surface area contributed by atoms with Gasteiger partial charge in [-0.05, 0) is 66.7 Å². The molecule has 2 N–H and O–H groups in total. The van der Waals surface area contributed by atoms with Crippen molar-refractivity contribution < 1.29 is 24.2 Å². The summed E-state index contributed by atoms with van der Waals surface area (Å²) >= 11 is 0. The Morgan fingerprint density at radius 2 is 1.66 bits per heavy atom. The summed E-state index contributed by atoms with van der Waals surface area (Å²) in [4.78, 5) is 38.2. The predicted molar refractivity (Wildman–Crippen MR) is 131 cm³/mol. The number of rotatable bonds is 7. The number of carboxylic acids is 1. The zero-order valence-electron chi connectivity index (χ0n) is 20.0. The first-order valence-electron chi connectivity index (χ1n) is 12.5. The summed E-state index contributed by atoms with van der Waals surface area (Å²) in [6.07, 6.45) is 2.91. The van der Waals surface area contributed by atoms with E-state index in [1.165, 1.54) is 27.2 Å². The molecule has 0 radical (unpaired) electrons. The van der Waals surface area contributed by atoms with Crippen LogP contribution in [0.2, 0.25) is 0 Å². The van der Waals surface area contributed by atoms with Crippen LogP contribution in [0.3, 0.4) is 0 Å². The van der Waals surface area contributed by atoms with E-state index in [-0.39, 0.29) is 17.7 Å². The molecule has 1 saturated carbocycles. The zero-order valence-corrected chi connectivity index (χ0v) is 20.0. The normalized spacial score (nSPS) is 24.9. The van der Waals surface area contributed by atoms with Crippen molar-refractivity contribution >= 4 is 18.0 Å². The van der Waals surface area contributed by atoms with Crippen LogP contribution < -0.4 is 5.32 Å². The average Bonchev–Trinajstić information content (AvgIpc) is 3.38. The Bertz CT molecular complexity index is 1100. The number of hydrogen-bond acceptors (Lipinski definition) is 4. The third-order valence-electron chi connectivity index (χ3n) is 8.08. The van der Waals surface area contributed by atoms with Gasteiger partial charge in [-0.3, -0.25) is 4.79 Å². The fraction of sp³-hybridized carbons (Fsp3) is 0.464. The second-order valence-corrected chi connectivity index (χ2v) is 10.3. The number of likely N-dealkylation sites (tertiary alicyclic amines) is 1. The van der Waals surface area contributed by atoms with Crippen LogP contribution >= 0.6 is 0 Å². The first-order chi connectivity index (χ1) is 16.9. The molecule has 1 heterocycles. The minimum atomic E-state index is -1.08. The van der Waals surface area contributed by atoms with Gasteiger partial charge in [-0.1, -0.05) is 48.5 Å². The number of ether oxygens (including phenoxy) is 1. The Labute approximate surface area is 205 Å². The molecule has 3 aliphatic rings. The van der Waals surface area contributed by atoms with E-state index in [1.54, 1.807) is 6.92 Å². The fourth-order valence-electron chi connectivity index (χ4n) is 6.03. The first-order valence-corrected chi connectivity index (χ1v) is 12.5. The maximum absolute atomic E-state index is 12.7. The van der Waals surface area contributed by atoms with Crippen LogP contribution in [0.25, 0.3) is 11.1 Å². The van der Waals surface area contributed by atoms with Gasteiger partial charge in [0.2, 0.25) is 5.91 Å². The molecule has 2 aromatic carbocycles. The Balaban J connectivity index is 1.06. The van der Waals surface area contributed by atoms with Crippen LogP contribution in [0.4, 0.5) is 4.79 Å². The van der Waals surface area contributed by atoms with Crippen molar-refractivity contribution in [1.82, 2.24) is 10.2 Å². The molecule has 1 aliphatic heterocycles. The van der Waals surface area contributed by atoms with Crippen molar-refractivity contribution in [3.05, 3.63) is 59.7 Å². The van der Waals surface area contributed by atoms with Crippen LogP contribution in [0.1, 0.15) is 56.1 Å². The molecule has 0 unspecified atom stereocenters. The fourth-order valence-corrected chi connectivity index (χ4v) is 6.03. The van der Waals surface area contributed by atoms with Crippen molar-refractivity contribution in [2.45, 2.75) is 50.5 Å². The lowest BCUT2D eigenvalue weighted by Crippen LogP contribution is -2.51. The molecule has 184 valence electrons. The van der Waals surface area contributed by atoms with Crippen molar-refractivity contribution in [2.24, 2.45) is 11.8 Å². The van der Waals surface area contributed by atoms with E-state index in [2.05, 4.69) is 29.6 Å². The zero-order chi connectivity index (χ0) is 24.6. The maximum atomic E-state index is 12.7. The molecule has 0 aromatic heterocycles. The lowest BCUT2D eigenvalue weighted by atomic mass is 9.73. The van der Waals surface area contributed by atoms with E-state index in [4.69, 9.17) is 4.74 Å². The number of hydrogen-bond donors (Lipinski definition) is 2. The van der Waals surface area contributed by atoms with Gasteiger partial charge in [-0.15, -0.1) is 0 Å². The van der Waals surface area contributed by atoms with Crippen LogP contribution in [-0.4, -0.2) is 53.2 Å². The molecular formula is C28H32N2O5. The van der Waals surface area contributed by atoms with Crippen LogP contribution in [0.15, 0.2) is 48.5 Å². The van der Waals surface area contributed by atoms with Gasteiger partial charge in [-0.25, -0.2) is 9.59 Å². The van der Waals surface area contributed by atoms with Crippen LogP contribution in [0, 0.1) is 11.8 Å². The summed E-state index contributed by atoms with van der Waals surface area (Å²) in [5.74, 6) is -0.398. The second-order valence-electron chi connectivity index (χ2n) is 10.3. The molecule has 1 atom stereocenters. The standard InChI is InChI=1S/C28H32N2O5/c1-28(26(32)33)11-6-12-30(28)25(31)15-18-13-19(14-18)16-29-27(34)35-17-24-22-9-4-2-7-20(22)21-8-3-5-10-23(21)24/h2-5,7-10,18-19,24H,6,11-17H2,1H3,(H,29,34)(H,32,33)/t18?,19?,28-/m0/s1. The summed E-state index contributed by atoms with van der Waals surface area (Å²) < 4.78 is 5.60. The van der Waals surface area contributed by atoms with Crippen LogP contribution in [-0.2, 0) is 14.3 Å². The highest BCUT2D eigenvalue weighted by atomic mass is 16.5. The Hall–Kier alpha value is -3.35. The number of benzene rings is 2. The van der Waals surface area contributed by atoms with E-state index in [0.717, 1.165) is 19.3 Å². The largest absolute Gasteiger partial charge is 0.480 e. The average molecular weight is 477 g/mol. The summed E-state index contributed by atoms with van der Waals surface area (Å²) in [7, 11) is 0. The molecule has 35 heavy (non-hydrogen) atoms. The number of fused-ring (bicyclic) bond motifs is 3. The molecule has 2 amide bonds. The first kappa shape index (κ1) is 23.4. The number of carbonyl (C=O) groups is 3. The van der Waals surface area contributed by atoms with E-state index >= 15 is 0 Å². The minimum absolute atomic E-state index is 0.0364. The summed E-state index contributed by atoms with van der Waals surface area (Å²) in [5.41, 5.74) is 3.69. The Morgan fingerprint density at radius 3 is 2.29 bits per heavy atom. The molecule has 2 fully saturated rings. The summed E-state index contributed by atoms with van der Waals surface area (Å²) in [6, 6.07) is 16.5. The number of carbonyl (C=O) groups excluding carboxylic acids is 2. The van der Waals surface area contributed by atoms with Gasteiger partial charge in [-0.2, -0.15) is 0 Å². The van der Waals surface area contributed by atoms with E-state index in [9.17, 15) is 19.5 Å². The molecule has 0 spiro atoms. The van der Waals surface area contributed by atoms with Gasteiger partial charge in [0, 0.05) is 25.4 Å². The molecule has 2 aromatic rings. The van der Waals surface area contributed by atoms with E-state index < -0.39 is 17.6 Å². The van der Waals surface area contributed by atoms with Crippen LogP contribution in [0.5, 0.6) is 0 Å². The van der Waals surface area contributed by atoms with Gasteiger partial charge >= 0.3 is 12.1 Å². The van der Waals surface area contributed by atoms with Crippen molar-refractivity contribution in [2.75, 3.05) is 19.7 Å². The molecule has 0 bridgehead atoms. The van der Waals surface area contributed by atoms with Crippen molar-refractivity contribution in [1.29, 1.82) is 0 Å². The highest BCUT2D eigenvalue weighted by molar-refractivity contribution is 5.87. The molecular weight excluding hydrogens is 444 g/mol. The third kappa shape index (κ3) is 4.40. The van der Waals surface area contributed by atoms with Gasteiger partial charge in [0.1, 0.15) is 12.1 Å². The number of alkyl carbamates (subject to hydrolysis) is 1. The molecule has 7 nitrogen and oxygen atoms in total. The Kier molecular flexibility index (Phi) is 6.26. The van der Waals surface area contributed by atoms with E-state index in [1.807, 2.05) is 24.3 Å². The summed E-state index contributed by atoms with van der Waals surface area (Å²) in [5, 5.41) is 12.4. The number of carboxylic acid groups (broad SMARTS) is 1. The highest BCUT2D eigenvalue weighted by Crippen LogP contribution is 2.44. The molecule has 5 rings (SSSR count).